The number of nitrogens with zero attached hydrogens (tertiary/aromatic N) is 3. The highest BCUT2D eigenvalue weighted by molar-refractivity contribution is 5.98. The average Bonchev–Trinajstić information content (AvgIpc) is 3.31. The first-order chi connectivity index (χ1) is 14.0. The number of aromatic amines is 1. The molecule has 2 aromatic rings. The fourth-order valence-corrected chi connectivity index (χ4v) is 4.43. The van der Waals surface area contributed by atoms with Gasteiger partial charge in [0, 0.05) is 42.9 Å². The van der Waals surface area contributed by atoms with Gasteiger partial charge in [-0.15, -0.1) is 0 Å². The molecule has 0 bridgehead atoms. The molecule has 3 heterocycles. The van der Waals surface area contributed by atoms with Crippen LogP contribution in [0.4, 0.5) is 0 Å². The zero-order valence-electron chi connectivity index (χ0n) is 16.9. The van der Waals surface area contributed by atoms with E-state index in [9.17, 15) is 14.4 Å². The molecule has 0 radical (unpaired) electrons. The number of aromatic nitrogens is 2. The number of hydrogen-bond donors (Lipinski definition) is 1. The zero-order valence-corrected chi connectivity index (χ0v) is 16.9. The van der Waals surface area contributed by atoms with E-state index in [1.54, 1.807) is 9.80 Å². The summed E-state index contributed by atoms with van der Waals surface area (Å²) in [5, 5.41) is 0. The molecule has 0 spiro atoms. The highest BCUT2D eigenvalue weighted by atomic mass is 16.2. The third-order valence-corrected chi connectivity index (χ3v) is 5.97. The number of rotatable bonds is 5. The monoisotopic (exact) mass is 394 g/mol. The molecule has 2 aliphatic rings. The first-order valence-corrected chi connectivity index (χ1v) is 10.3. The first-order valence-electron chi connectivity index (χ1n) is 10.3. The Morgan fingerprint density at radius 2 is 2.07 bits per heavy atom. The van der Waals surface area contributed by atoms with E-state index < -0.39 is 0 Å². The molecule has 0 saturated carbocycles. The van der Waals surface area contributed by atoms with Crippen molar-refractivity contribution in [2.75, 3.05) is 13.1 Å². The van der Waals surface area contributed by atoms with Crippen molar-refractivity contribution in [3.8, 4) is 0 Å². The van der Waals surface area contributed by atoms with Gasteiger partial charge in [0.2, 0.25) is 5.91 Å². The predicted octanol–water partition coefficient (Wildman–Crippen LogP) is 2.35. The Bertz CT molecular complexity index is 1010. The van der Waals surface area contributed by atoms with E-state index in [0.29, 0.717) is 37.4 Å². The lowest BCUT2D eigenvalue weighted by molar-refractivity contribution is -0.132. The molecule has 1 aromatic heterocycles. The summed E-state index contributed by atoms with van der Waals surface area (Å²) in [5.74, 6) is 0.555. The highest BCUT2D eigenvalue weighted by Gasteiger charge is 2.33. The molecular formula is C22H26N4O3. The Kier molecular flexibility index (Phi) is 5.22. The third kappa shape index (κ3) is 3.57. The Hall–Kier alpha value is -2.96. The van der Waals surface area contributed by atoms with Crippen molar-refractivity contribution in [3.05, 3.63) is 62.8 Å². The van der Waals surface area contributed by atoms with E-state index in [-0.39, 0.29) is 29.8 Å². The summed E-state index contributed by atoms with van der Waals surface area (Å²) in [6, 6.07) is 7.37. The van der Waals surface area contributed by atoms with E-state index in [2.05, 4.69) is 9.97 Å². The summed E-state index contributed by atoms with van der Waals surface area (Å²) < 4.78 is 0. The minimum absolute atomic E-state index is 0.00359. The minimum Gasteiger partial charge on any atom is -0.334 e. The number of carbonyl (C=O) groups excluding carboxylic acids is 2. The van der Waals surface area contributed by atoms with E-state index in [1.165, 1.54) is 0 Å². The van der Waals surface area contributed by atoms with Crippen LogP contribution >= 0.6 is 0 Å². The number of carbonyl (C=O) groups is 2. The van der Waals surface area contributed by atoms with Gasteiger partial charge in [-0.05, 0) is 37.8 Å². The number of likely N-dealkylation sites (tertiary alicyclic amines) is 1. The van der Waals surface area contributed by atoms with Crippen LogP contribution in [0.5, 0.6) is 0 Å². The Morgan fingerprint density at radius 1 is 1.28 bits per heavy atom. The number of nitrogens with one attached hydrogen (secondary N) is 1. The van der Waals surface area contributed by atoms with E-state index in [1.807, 2.05) is 38.1 Å². The van der Waals surface area contributed by atoms with Crippen LogP contribution in [0, 0.1) is 6.92 Å². The summed E-state index contributed by atoms with van der Waals surface area (Å²) in [6.07, 6.45) is 2.57. The van der Waals surface area contributed by atoms with Crippen LogP contribution in [-0.2, 0) is 17.8 Å². The molecule has 0 aliphatic carbocycles. The predicted molar refractivity (Wildman–Crippen MR) is 108 cm³/mol. The van der Waals surface area contributed by atoms with Gasteiger partial charge in [0.15, 0.2) is 0 Å². The lowest BCUT2D eigenvalue weighted by Gasteiger charge is -2.25. The van der Waals surface area contributed by atoms with Crippen molar-refractivity contribution >= 4 is 11.8 Å². The molecule has 1 fully saturated rings. The van der Waals surface area contributed by atoms with Gasteiger partial charge in [-0.3, -0.25) is 14.4 Å². The molecule has 4 rings (SSSR count). The van der Waals surface area contributed by atoms with Crippen LogP contribution in [0.3, 0.4) is 0 Å². The van der Waals surface area contributed by atoms with Gasteiger partial charge >= 0.3 is 0 Å². The second-order valence-electron chi connectivity index (χ2n) is 7.75. The van der Waals surface area contributed by atoms with Crippen molar-refractivity contribution in [2.45, 2.75) is 52.1 Å². The first kappa shape index (κ1) is 19.4. The highest BCUT2D eigenvalue weighted by Crippen LogP contribution is 2.30. The van der Waals surface area contributed by atoms with Gasteiger partial charge in [-0.2, -0.15) is 0 Å². The Balaban J connectivity index is 1.44. The quantitative estimate of drug-likeness (QED) is 0.843. The fourth-order valence-electron chi connectivity index (χ4n) is 4.43. The van der Waals surface area contributed by atoms with Crippen molar-refractivity contribution < 1.29 is 9.59 Å². The van der Waals surface area contributed by atoms with Gasteiger partial charge < -0.3 is 14.8 Å². The molecule has 1 atom stereocenters. The van der Waals surface area contributed by atoms with Crippen molar-refractivity contribution in [2.24, 2.45) is 0 Å². The lowest BCUT2D eigenvalue weighted by atomic mass is 10.1. The summed E-state index contributed by atoms with van der Waals surface area (Å²) in [4.78, 5) is 48.8. The molecule has 7 nitrogen and oxygen atoms in total. The van der Waals surface area contributed by atoms with Crippen LogP contribution in [0.25, 0.3) is 0 Å². The zero-order chi connectivity index (χ0) is 20.5. The Labute approximate surface area is 169 Å². The number of fused-ring (bicyclic) bond motifs is 1. The fraction of sp³-hybridized carbons (Fsp3) is 0.455. The Morgan fingerprint density at radius 3 is 2.79 bits per heavy atom. The van der Waals surface area contributed by atoms with E-state index in [4.69, 9.17) is 0 Å². The van der Waals surface area contributed by atoms with Gasteiger partial charge in [0.25, 0.3) is 11.5 Å². The van der Waals surface area contributed by atoms with E-state index in [0.717, 1.165) is 29.7 Å². The van der Waals surface area contributed by atoms with Crippen LogP contribution in [0.1, 0.15) is 65.2 Å². The second kappa shape index (κ2) is 7.81. The van der Waals surface area contributed by atoms with Crippen LogP contribution in [-0.4, -0.2) is 44.7 Å². The molecule has 2 amide bonds. The molecular weight excluding hydrogens is 368 g/mol. The van der Waals surface area contributed by atoms with Crippen molar-refractivity contribution in [1.29, 1.82) is 0 Å². The van der Waals surface area contributed by atoms with Crippen molar-refractivity contribution in [1.82, 2.24) is 19.8 Å². The normalized spacial score (nSPS) is 18.4. The van der Waals surface area contributed by atoms with Gasteiger partial charge in [-0.1, -0.05) is 25.1 Å². The maximum absolute atomic E-state index is 12.9. The number of aryl methyl sites for hydroxylation is 1. The molecule has 7 heteroatoms. The second-order valence-corrected chi connectivity index (χ2v) is 7.75. The summed E-state index contributed by atoms with van der Waals surface area (Å²) in [6.45, 7) is 5.37. The number of hydrogen-bond acceptors (Lipinski definition) is 4. The van der Waals surface area contributed by atoms with Gasteiger partial charge in [0.1, 0.15) is 5.82 Å². The maximum atomic E-state index is 12.9. The standard InChI is InChI=1S/C22H26N4O3/c1-3-16-14(2)23-20(24-21(16)28)18-9-6-11-26(18)19(27)10-12-25-13-15-7-4-5-8-17(15)22(25)29/h4-5,7-8,18H,3,6,9-13H2,1-2H3,(H,23,24,28). The van der Waals surface area contributed by atoms with Crippen molar-refractivity contribution in [3.63, 3.8) is 0 Å². The topological polar surface area (TPSA) is 86.4 Å². The number of H-pyrrole nitrogens is 1. The summed E-state index contributed by atoms with van der Waals surface area (Å²) in [7, 11) is 0. The molecule has 1 N–H and O–H groups in total. The SMILES string of the molecule is CCc1c(C)nc(C2CCCN2C(=O)CCN2Cc3ccccc3C2=O)[nH]c1=O. The number of amides is 2. The molecule has 2 aliphatic heterocycles. The van der Waals surface area contributed by atoms with Gasteiger partial charge in [-0.25, -0.2) is 4.98 Å². The maximum Gasteiger partial charge on any atom is 0.254 e. The van der Waals surface area contributed by atoms with E-state index >= 15 is 0 Å². The summed E-state index contributed by atoms with van der Waals surface area (Å²) in [5.41, 5.74) is 3.04. The molecule has 29 heavy (non-hydrogen) atoms. The third-order valence-electron chi connectivity index (χ3n) is 5.97. The smallest absolute Gasteiger partial charge is 0.254 e. The van der Waals surface area contributed by atoms with Crippen LogP contribution in [0.2, 0.25) is 0 Å². The van der Waals surface area contributed by atoms with Crippen LogP contribution in [0.15, 0.2) is 29.1 Å². The summed E-state index contributed by atoms with van der Waals surface area (Å²) >= 11 is 0. The largest absolute Gasteiger partial charge is 0.334 e. The van der Waals surface area contributed by atoms with Crippen LogP contribution < -0.4 is 5.56 Å². The number of benzene rings is 1. The molecule has 1 unspecified atom stereocenters. The minimum atomic E-state index is -0.203. The molecule has 1 aromatic carbocycles. The molecule has 152 valence electrons. The lowest BCUT2D eigenvalue weighted by Crippen LogP contribution is -2.36. The average molecular weight is 394 g/mol. The van der Waals surface area contributed by atoms with Gasteiger partial charge in [0.05, 0.1) is 6.04 Å². The molecule has 1 saturated heterocycles.